The molecule has 0 unspecified atom stereocenters. The van der Waals surface area contributed by atoms with Crippen molar-refractivity contribution in [3.8, 4) is 5.75 Å². The van der Waals surface area contributed by atoms with Crippen LogP contribution < -0.4 is 10.4 Å². The van der Waals surface area contributed by atoms with Gasteiger partial charge in [-0.1, -0.05) is 32.9 Å². The van der Waals surface area contributed by atoms with Gasteiger partial charge in [-0.25, -0.2) is 0 Å². The van der Waals surface area contributed by atoms with Crippen LogP contribution in [0, 0.1) is 0 Å². The van der Waals surface area contributed by atoms with Crippen molar-refractivity contribution in [2.45, 2.75) is 39.2 Å². The third-order valence-corrected chi connectivity index (χ3v) is 2.65. The fraction of sp³-hybridized carbons (Fsp3) is 0.500. The number of ether oxygens (including phenoxy) is 1. The largest absolute Gasteiger partial charge is 0.595 e. The van der Waals surface area contributed by atoms with Gasteiger partial charge in [0.15, 0.2) is 0 Å². The molecule has 1 rings (SSSR count). The number of nitrogens with zero attached hydrogens (tertiary/aromatic N) is 1. The highest BCUT2D eigenvalue weighted by atomic mass is 16.6. The van der Waals surface area contributed by atoms with Crippen LogP contribution >= 0.6 is 0 Å². The Morgan fingerprint density at radius 1 is 1.32 bits per heavy atom. The van der Waals surface area contributed by atoms with Crippen molar-refractivity contribution in [2.75, 3.05) is 13.1 Å². The van der Waals surface area contributed by atoms with Crippen molar-refractivity contribution in [2.24, 2.45) is 4.99 Å². The molecule has 6 nitrogen and oxygen atoms in total. The van der Waals surface area contributed by atoms with Crippen LogP contribution in [0.2, 0.25) is 0 Å². The quantitative estimate of drug-likeness (QED) is 0.465. The zero-order chi connectivity index (χ0) is 16.6. The number of hydrogen-bond donors (Lipinski definition) is 2. The van der Waals surface area contributed by atoms with E-state index in [4.69, 9.17) is 9.84 Å². The van der Waals surface area contributed by atoms with E-state index in [9.17, 15) is 9.90 Å². The molecule has 6 heteroatoms. The summed E-state index contributed by atoms with van der Waals surface area (Å²) in [5.41, 5.74) is 0.417. The van der Waals surface area contributed by atoms with Gasteiger partial charge in [0.1, 0.15) is 11.8 Å². The molecule has 0 aliphatic carbocycles. The molecule has 22 heavy (non-hydrogen) atoms. The minimum absolute atomic E-state index is 0.104. The summed E-state index contributed by atoms with van der Waals surface area (Å²) < 4.78 is 5.02. The number of hydrogen-bond acceptors (Lipinski definition) is 5. The number of nitrogens with one attached hydrogen (secondary N) is 1. The van der Waals surface area contributed by atoms with Gasteiger partial charge in [0.25, 0.3) is 0 Å². The van der Waals surface area contributed by atoms with E-state index in [-0.39, 0.29) is 18.2 Å². The molecule has 0 aliphatic rings. The molecule has 0 aromatic heterocycles. The van der Waals surface area contributed by atoms with Crippen molar-refractivity contribution in [3.05, 3.63) is 29.8 Å². The molecule has 0 spiro atoms. The Bertz CT molecular complexity index is 504. The third-order valence-electron chi connectivity index (χ3n) is 2.65. The van der Waals surface area contributed by atoms with Crippen molar-refractivity contribution in [3.63, 3.8) is 0 Å². The average Bonchev–Trinajstić information content (AvgIpc) is 2.41. The van der Waals surface area contributed by atoms with Crippen LogP contribution in [-0.4, -0.2) is 35.8 Å². The lowest BCUT2D eigenvalue weighted by molar-refractivity contribution is -0.260. The van der Waals surface area contributed by atoms with Crippen LogP contribution in [-0.2, 0) is 16.0 Å². The number of phenols is 1. The minimum atomic E-state index is -0.620. The maximum atomic E-state index is 11.6. The summed E-state index contributed by atoms with van der Waals surface area (Å²) in [6, 6.07) is 6.74. The second kappa shape index (κ2) is 8.26. The van der Waals surface area contributed by atoms with Gasteiger partial charge in [0.05, 0.1) is 6.54 Å². The third kappa shape index (κ3) is 8.14. The molecule has 0 atom stereocenters. The van der Waals surface area contributed by atoms with E-state index in [1.54, 1.807) is 45.0 Å². The Hall–Kier alpha value is -2.24. The molecule has 0 saturated carbocycles. The van der Waals surface area contributed by atoms with Crippen LogP contribution in [0.25, 0.3) is 0 Å². The lowest BCUT2D eigenvalue weighted by Gasteiger charge is -2.29. The molecular formula is C16H23N2O4-. The normalized spacial score (nSPS) is 12.0. The number of amides is 1. The number of carbonyl (C=O) groups is 1. The van der Waals surface area contributed by atoms with Crippen molar-refractivity contribution < 1.29 is 19.7 Å². The van der Waals surface area contributed by atoms with Crippen LogP contribution in [0.15, 0.2) is 29.3 Å². The number of carbonyl (C=O) groups excluding carboxylic acids is 1. The standard InChI is InChI=1S/C16H24N2O4/c1-16(2,3)22-15(21)18-11-10-17-14(20)9-6-12-4-7-13(19)8-5-12/h4-5,7-8,19H,6,9-11H2,1-3H3,(H,17,20)(H,18,21)/p-1. The highest BCUT2D eigenvalue weighted by Gasteiger charge is 2.04. The van der Waals surface area contributed by atoms with Crippen LogP contribution in [0.1, 0.15) is 32.8 Å². The Kier molecular flexibility index (Phi) is 6.69. The number of benzene rings is 1. The molecule has 0 heterocycles. The Morgan fingerprint density at radius 2 is 1.95 bits per heavy atom. The Labute approximate surface area is 130 Å². The predicted octanol–water partition coefficient (Wildman–Crippen LogP) is 0.972. The first-order valence-electron chi connectivity index (χ1n) is 7.21. The summed E-state index contributed by atoms with van der Waals surface area (Å²) in [6.07, 6.45) is 0.317. The van der Waals surface area contributed by atoms with Crippen molar-refractivity contribution >= 4 is 12.0 Å². The number of aromatic hydroxyl groups is 1. The summed E-state index contributed by atoms with van der Waals surface area (Å²) >= 11 is 0. The summed E-state index contributed by atoms with van der Waals surface area (Å²) in [5, 5.41) is 23.2. The number of phenolic OH excluding ortho intramolecular Hbond substituents is 1. The fourth-order valence-electron chi connectivity index (χ4n) is 1.65. The van der Waals surface area contributed by atoms with E-state index < -0.39 is 11.7 Å². The topological polar surface area (TPSA) is 94.0 Å². The van der Waals surface area contributed by atoms with Gasteiger partial charge in [0.2, 0.25) is 5.91 Å². The molecule has 122 valence electrons. The summed E-state index contributed by atoms with van der Waals surface area (Å²) in [4.78, 5) is 15.3. The molecule has 0 fully saturated rings. The SMILES string of the molecule is CC(C)(C)OC([O-])=NCCNC(=O)CCc1ccc(O)cc1. The second-order valence-corrected chi connectivity index (χ2v) is 5.88. The minimum Gasteiger partial charge on any atom is -0.595 e. The van der Waals surface area contributed by atoms with E-state index in [0.717, 1.165) is 5.56 Å². The maximum Gasteiger partial charge on any atom is 0.220 e. The summed E-state index contributed by atoms with van der Waals surface area (Å²) in [7, 11) is 0. The van der Waals surface area contributed by atoms with Crippen molar-refractivity contribution in [1.29, 1.82) is 0 Å². The van der Waals surface area contributed by atoms with E-state index in [1.165, 1.54) is 0 Å². The molecule has 1 aromatic rings. The molecule has 0 aliphatic heterocycles. The van der Waals surface area contributed by atoms with Gasteiger partial charge in [-0.15, -0.1) is 0 Å². The van der Waals surface area contributed by atoms with Crippen molar-refractivity contribution in [1.82, 2.24) is 5.32 Å². The lowest BCUT2D eigenvalue weighted by atomic mass is 10.1. The smallest absolute Gasteiger partial charge is 0.220 e. The highest BCUT2D eigenvalue weighted by Crippen LogP contribution is 2.11. The van der Waals surface area contributed by atoms with Gasteiger partial charge in [0, 0.05) is 18.6 Å². The monoisotopic (exact) mass is 307 g/mol. The molecular weight excluding hydrogens is 284 g/mol. The van der Waals surface area contributed by atoms with E-state index in [1.807, 2.05) is 0 Å². The number of rotatable bonds is 6. The predicted molar refractivity (Wildman–Crippen MR) is 82.6 cm³/mol. The Balaban J connectivity index is 2.21. The molecule has 0 saturated heterocycles. The van der Waals surface area contributed by atoms with Gasteiger partial charge < -0.3 is 20.3 Å². The first-order valence-corrected chi connectivity index (χ1v) is 7.21. The first kappa shape index (κ1) is 17.8. The zero-order valence-electron chi connectivity index (χ0n) is 13.3. The number of aliphatic imine (C=N–C) groups is 1. The summed E-state index contributed by atoms with van der Waals surface area (Å²) in [5.74, 6) is 0.101. The van der Waals surface area contributed by atoms with E-state index in [0.29, 0.717) is 19.4 Å². The Morgan fingerprint density at radius 3 is 2.55 bits per heavy atom. The van der Waals surface area contributed by atoms with Gasteiger partial charge >= 0.3 is 0 Å². The van der Waals surface area contributed by atoms with E-state index >= 15 is 0 Å². The summed E-state index contributed by atoms with van der Waals surface area (Å²) in [6.45, 7) is 5.80. The maximum absolute atomic E-state index is 11.6. The van der Waals surface area contributed by atoms with Gasteiger partial charge in [-0.2, -0.15) is 0 Å². The van der Waals surface area contributed by atoms with Gasteiger partial charge in [-0.05, 0) is 24.1 Å². The lowest BCUT2D eigenvalue weighted by Crippen LogP contribution is -2.33. The molecule has 2 N–H and O–H groups in total. The fourth-order valence-corrected chi connectivity index (χ4v) is 1.65. The van der Waals surface area contributed by atoms with Crippen LogP contribution in [0.3, 0.4) is 0 Å². The van der Waals surface area contributed by atoms with Crippen LogP contribution in [0.5, 0.6) is 5.75 Å². The molecule has 1 amide bonds. The zero-order valence-corrected chi connectivity index (χ0v) is 13.3. The first-order chi connectivity index (χ1) is 10.3. The second-order valence-electron chi connectivity index (χ2n) is 5.88. The molecule has 0 bridgehead atoms. The van der Waals surface area contributed by atoms with Crippen LogP contribution in [0.4, 0.5) is 0 Å². The van der Waals surface area contributed by atoms with E-state index in [2.05, 4.69) is 10.3 Å². The molecule has 0 radical (unpaired) electrons. The number of aryl methyl sites for hydroxylation is 1. The average molecular weight is 307 g/mol. The highest BCUT2D eigenvalue weighted by molar-refractivity contribution is 5.76. The molecule has 1 aromatic carbocycles. The van der Waals surface area contributed by atoms with Gasteiger partial charge in [-0.3, -0.25) is 9.79 Å².